The van der Waals surface area contributed by atoms with Crippen LogP contribution in [0.15, 0.2) is 42.5 Å². The normalized spacial score (nSPS) is 10.6. The van der Waals surface area contributed by atoms with E-state index in [1.54, 1.807) is 6.92 Å². The second-order valence-corrected chi connectivity index (χ2v) is 4.74. The first-order valence-corrected chi connectivity index (χ1v) is 6.64. The Hall–Kier alpha value is -3.02. The van der Waals surface area contributed by atoms with Crippen LogP contribution in [0.25, 0.3) is 6.08 Å². The molecule has 6 heteroatoms. The van der Waals surface area contributed by atoms with Crippen molar-refractivity contribution in [3.05, 3.63) is 69.5 Å². The number of pyridine rings is 1. The Kier molecular flexibility index (Phi) is 4.63. The van der Waals surface area contributed by atoms with Gasteiger partial charge >= 0.3 is 0 Å². The van der Waals surface area contributed by atoms with Crippen LogP contribution in [0.4, 0.5) is 11.4 Å². The highest BCUT2D eigenvalue weighted by Gasteiger charge is 2.10. The van der Waals surface area contributed by atoms with Crippen LogP contribution in [0.5, 0.6) is 0 Å². The zero-order valence-electron chi connectivity index (χ0n) is 12.2. The molecule has 0 radical (unpaired) electrons. The molecule has 0 saturated carbocycles. The number of aryl methyl sites for hydroxylation is 2. The van der Waals surface area contributed by atoms with Gasteiger partial charge in [0, 0.05) is 17.8 Å². The molecule has 0 aliphatic carbocycles. The maximum absolute atomic E-state index is 11.9. The number of rotatable bonds is 4. The van der Waals surface area contributed by atoms with Gasteiger partial charge < -0.3 is 5.32 Å². The molecule has 1 N–H and O–H groups in total. The van der Waals surface area contributed by atoms with E-state index in [1.165, 1.54) is 24.3 Å². The van der Waals surface area contributed by atoms with Crippen molar-refractivity contribution in [1.82, 2.24) is 4.98 Å². The Labute approximate surface area is 127 Å². The Morgan fingerprint density at radius 3 is 2.59 bits per heavy atom. The monoisotopic (exact) mass is 297 g/mol. The first-order chi connectivity index (χ1) is 10.5. The summed E-state index contributed by atoms with van der Waals surface area (Å²) in [5.74, 6) is -0.285. The van der Waals surface area contributed by atoms with E-state index in [9.17, 15) is 14.9 Å². The van der Waals surface area contributed by atoms with Gasteiger partial charge in [-0.3, -0.25) is 14.9 Å². The number of carbonyl (C=O) groups excluding carboxylic acids is 1. The SMILES string of the molecule is Cc1ccccc1NC(=O)C=Cc1ccc([N+](=O)[O-])c(C)n1. The fourth-order valence-electron chi connectivity index (χ4n) is 1.91. The lowest BCUT2D eigenvalue weighted by molar-refractivity contribution is -0.385. The largest absolute Gasteiger partial charge is 0.322 e. The number of nitro groups is 1. The summed E-state index contributed by atoms with van der Waals surface area (Å²) >= 11 is 0. The van der Waals surface area contributed by atoms with Crippen molar-refractivity contribution < 1.29 is 9.72 Å². The van der Waals surface area contributed by atoms with Crippen LogP contribution >= 0.6 is 0 Å². The molecule has 0 aliphatic heterocycles. The number of anilines is 1. The number of amides is 1. The quantitative estimate of drug-likeness (QED) is 0.533. The predicted molar refractivity (Wildman–Crippen MR) is 84.5 cm³/mol. The summed E-state index contributed by atoms with van der Waals surface area (Å²) in [7, 11) is 0. The molecule has 0 saturated heterocycles. The minimum atomic E-state index is -0.485. The maximum atomic E-state index is 11.9. The molecule has 112 valence electrons. The average molecular weight is 297 g/mol. The molecule has 0 spiro atoms. The predicted octanol–water partition coefficient (Wildman–Crippen LogP) is 3.26. The molecular weight excluding hydrogens is 282 g/mol. The second kappa shape index (κ2) is 6.62. The first-order valence-electron chi connectivity index (χ1n) is 6.64. The lowest BCUT2D eigenvalue weighted by Gasteiger charge is -2.05. The van der Waals surface area contributed by atoms with Crippen molar-refractivity contribution in [2.24, 2.45) is 0 Å². The summed E-state index contributed by atoms with van der Waals surface area (Å²) in [5, 5.41) is 13.5. The zero-order chi connectivity index (χ0) is 16.1. The van der Waals surface area contributed by atoms with Crippen molar-refractivity contribution >= 4 is 23.4 Å². The average Bonchev–Trinajstić information content (AvgIpc) is 2.47. The van der Waals surface area contributed by atoms with Crippen LogP contribution in [0.3, 0.4) is 0 Å². The molecule has 0 aliphatic rings. The summed E-state index contributed by atoms with van der Waals surface area (Å²) in [4.78, 5) is 26.2. The van der Waals surface area contributed by atoms with Gasteiger partial charge in [-0.15, -0.1) is 0 Å². The Bertz CT molecular complexity index is 754. The lowest BCUT2D eigenvalue weighted by Crippen LogP contribution is -2.08. The van der Waals surface area contributed by atoms with Crippen LogP contribution in [-0.2, 0) is 4.79 Å². The molecule has 6 nitrogen and oxygen atoms in total. The molecular formula is C16H15N3O3. The topological polar surface area (TPSA) is 85.1 Å². The Morgan fingerprint density at radius 2 is 1.95 bits per heavy atom. The van der Waals surface area contributed by atoms with Crippen LogP contribution < -0.4 is 5.32 Å². The van der Waals surface area contributed by atoms with E-state index in [0.29, 0.717) is 11.4 Å². The minimum absolute atomic E-state index is 0.0403. The fourth-order valence-corrected chi connectivity index (χ4v) is 1.91. The third-order valence-electron chi connectivity index (χ3n) is 3.08. The number of para-hydroxylation sites is 1. The summed E-state index contributed by atoms with van der Waals surface area (Å²) in [6, 6.07) is 10.3. The minimum Gasteiger partial charge on any atom is -0.322 e. The van der Waals surface area contributed by atoms with Crippen molar-refractivity contribution in [3.63, 3.8) is 0 Å². The van der Waals surface area contributed by atoms with Crippen molar-refractivity contribution in [2.75, 3.05) is 5.32 Å². The number of nitrogens with one attached hydrogen (secondary N) is 1. The number of hydrogen-bond acceptors (Lipinski definition) is 4. The van der Waals surface area contributed by atoms with Crippen molar-refractivity contribution in [1.29, 1.82) is 0 Å². The molecule has 0 fully saturated rings. The van der Waals surface area contributed by atoms with Gasteiger partial charge in [0.2, 0.25) is 5.91 Å². The van der Waals surface area contributed by atoms with Gasteiger partial charge in [-0.2, -0.15) is 0 Å². The standard InChI is InChI=1S/C16H15N3O3/c1-11-5-3-4-6-14(11)18-16(20)10-8-13-7-9-15(19(21)22)12(2)17-13/h3-10H,1-2H3,(H,18,20). The van der Waals surface area contributed by atoms with Gasteiger partial charge in [0.25, 0.3) is 5.69 Å². The van der Waals surface area contributed by atoms with Crippen LogP contribution in [0, 0.1) is 24.0 Å². The molecule has 1 heterocycles. The molecule has 2 aromatic rings. The van der Waals surface area contributed by atoms with E-state index in [2.05, 4.69) is 10.3 Å². The van der Waals surface area contributed by atoms with E-state index in [1.807, 2.05) is 31.2 Å². The van der Waals surface area contributed by atoms with Gasteiger partial charge in [-0.1, -0.05) is 18.2 Å². The van der Waals surface area contributed by atoms with Gasteiger partial charge in [0.05, 0.1) is 10.6 Å². The Morgan fingerprint density at radius 1 is 1.23 bits per heavy atom. The van der Waals surface area contributed by atoms with Crippen molar-refractivity contribution in [2.45, 2.75) is 13.8 Å². The van der Waals surface area contributed by atoms with Crippen LogP contribution in [-0.4, -0.2) is 15.8 Å². The first kappa shape index (κ1) is 15.4. The highest BCUT2D eigenvalue weighted by Crippen LogP contribution is 2.16. The molecule has 22 heavy (non-hydrogen) atoms. The smallest absolute Gasteiger partial charge is 0.290 e. The molecule has 1 amide bonds. The van der Waals surface area contributed by atoms with Gasteiger partial charge in [0.1, 0.15) is 5.69 Å². The fraction of sp³-hybridized carbons (Fsp3) is 0.125. The van der Waals surface area contributed by atoms with Gasteiger partial charge in [-0.05, 0) is 37.6 Å². The molecule has 2 rings (SSSR count). The number of aromatic nitrogens is 1. The highest BCUT2D eigenvalue weighted by molar-refractivity contribution is 6.02. The van der Waals surface area contributed by atoms with E-state index in [0.717, 1.165) is 11.3 Å². The molecule has 0 atom stereocenters. The molecule has 0 bridgehead atoms. The number of benzene rings is 1. The van der Waals surface area contributed by atoms with Gasteiger partial charge in [-0.25, -0.2) is 4.98 Å². The Balaban J connectivity index is 2.08. The second-order valence-electron chi connectivity index (χ2n) is 4.74. The summed E-state index contributed by atoms with van der Waals surface area (Å²) in [6.07, 6.45) is 2.87. The summed E-state index contributed by atoms with van der Waals surface area (Å²) in [6.45, 7) is 3.46. The van der Waals surface area contributed by atoms with Crippen LogP contribution in [0.1, 0.15) is 17.0 Å². The summed E-state index contributed by atoms with van der Waals surface area (Å²) in [5.41, 5.74) is 2.47. The highest BCUT2D eigenvalue weighted by atomic mass is 16.6. The van der Waals surface area contributed by atoms with E-state index in [4.69, 9.17) is 0 Å². The number of carbonyl (C=O) groups is 1. The summed E-state index contributed by atoms with van der Waals surface area (Å²) < 4.78 is 0. The molecule has 1 aromatic carbocycles. The third kappa shape index (κ3) is 3.76. The van der Waals surface area contributed by atoms with E-state index >= 15 is 0 Å². The van der Waals surface area contributed by atoms with Crippen LogP contribution in [0.2, 0.25) is 0 Å². The molecule has 1 aromatic heterocycles. The molecule has 0 unspecified atom stereocenters. The zero-order valence-corrected chi connectivity index (χ0v) is 12.2. The van der Waals surface area contributed by atoms with E-state index < -0.39 is 4.92 Å². The lowest BCUT2D eigenvalue weighted by atomic mass is 10.2. The maximum Gasteiger partial charge on any atom is 0.290 e. The van der Waals surface area contributed by atoms with E-state index in [-0.39, 0.29) is 11.6 Å². The third-order valence-corrected chi connectivity index (χ3v) is 3.08. The number of hydrogen-bond donors (Lipinski definition) is 1. The van der Waals surface area contributed by atoms with Crippen molar-refractivity contribution in [3.8, 4) is 0 Å². The number of nitrogens with zero attached hydrogens (tertiary/aromatic N) is 2. The van der Waals surface area contributed by atoms with Gasteiger partial charge in [0.15, 0.2) is 0 Å².